The van der Waals surface area contributed by atoms with E-state index in [-0.39, 0.29) is 0 Å². The Labute approximate surface area is 134 Å². The van der Waals surface area contributed by atoms with E-state index in [1.54, 1.807) is 0 Å². The minimum Gasteiger partial charge on any atom is -0.309 e. The van der Waals surface area contributed by atoms with E-state index in [1.165, 1.54) is 44.1 Å². The number of hydrogen-bond donors (Lipinski definition) is 1. The Morgan fingerprint density at radius 2 is 1.90 bits per heavy atom. The molecule has 1 fully saturated rings. The van der Waals surface area contributed by atoms with Crippen LogP contribution in [0.15, 0.2) is 24.3 Å². The van der Waals surface area contributed by atoms with Gasteiger partial charge in [-0.05, 0) is 44.0 Å². The van der Waals surface area contributed by atoms with Crippen molar-refractivity contribution in [2.24, 2.45) is 0 Å². The Morgan fingerprint density at radius 3 is 2.52 bits per heavy atom. The average Bonchev–Trinajstić information content (AvgIpc) is 3.01. The summed E-state index contributed by atoms with van der Waals surface area (Å²) in [7, 11) is 2.27. The van der Waals surface area contributed by atoms with E-state index in [4.69, 9.17) is 11.6 Å². The van der Waals surface area contributed by atoms with Crippen molar-refractivity contribution in [2.75, 3.05) is 20.1 Å². The molecule has 0 aliphatic heterocycles. The second-order valence-corrected chi connectivity index (χ2v) is 6.70. The van der Waals surface area contributed by atoms with Crippen molar-refractivity contribution >= 4 is 11.6 Å². The molecule has 0 amide bonds. The van der Waals surface area contributed by atoms with Crippen molar-refractivity contribution < 1.29 is 0 Å². The van der Waals surface area contributed by atoms with Gasteiger partial charge in [-0.2, -0.15) is 0 Å². The molecule has 1 unspecified atom stereocenters. The van der Waals surface area contributed by atoms with Gasteiger partial charge in [0.05, 0.1) is 0 Å². The fourth-order valence-electron chi connectivity index (χ4n) is 3.31. The third-order valence-electron chi connectivity index (χ3n) is 4.65. The van der Waals surface area contributed by atoms with Crippen LogP contribution in [0.3, 0.4) is 0 Å². The maximum absolute atomic E-state index is 5.98. The second-order valence-electron chi connectivity index (χ2n) is 6.27. The van der Waals surface area contributed by atoms with Crippen molar-refractivity contribution in [3.63, 3.8) is 0 Å². The van der Waals surface area contributed by atoms with Gasteiger partial charge in [-0.15, -0.1) is 0 Å². The molecule has 0 saturated heterocycles. The number of halogens is 1. The van der Waals surface area contributed by atoms with Crippen LogP contribution in [0, 0.1) is 0 Å². The first kappa shape index (κ1) is 16.8. The maximum atomic E-state index is 5.98. The molecule has 0 spiro atoms. The lowest BCUT2D eigenvalue weighted by atomic mass is 10.0. The normalized spacial score (nSPS) is 17.5. The van der Waals surface area contributed by atoms with Crippen molar-refractivity contribution in [3.05, 3.63) is 34.9 Å². The zero-order valence-electron chi connectivity index (χ0n) is 13.4. The molecule has 1 N–H and O–H groups in total. The molecule has 0 bridgehead atoms. The summed E-state index contributed by atoms with van der Waals surface area (Å²) in [5.41, 5.74) is 1.35. The molecule has 0 heterocycles. The van der Waals surface area contributed by atoms with E-state index in [2.05, 4.69) is 36.3 Å². The van der Waals surface area contributed by atoms with Gasteiger partial charge < -0.3 is 10.2 Å². The van der Waals surface area contributed by atoms with E-state index < -0.39 is 0 Å². The molecule has 1 aliphatic rings. The summed E-state index contributed by atoms with van der Waals surface area (Å²) in [6, 6.07) is 9.54. The standard InChI is InChI=1S/C18H29ClN2/c1-3-6-18(15-9-11-16(19)12-10-15)20-13-14-21(2)17-7-4-5-8-17/h9-12,17-18,20H,3-8,13-14H2,1-2H3. The molecule has 2 rings (SSSR count). The van der Waals surface area contributed by atoms with Gasteiger partial charge in [0.2, 0.25) is 0 Å². The smallest absolute Gasteiger partial charge is 0.0406 e. The topological polar surface area (TPSA) is 15.3 Å². The predicted octanol–water partition coefficient (Wildman–Crippen LogP) is 4.65. The Morgan fingerprint density at radius 1 is 1.24 bits per heavy atom. The van der Waals surface area contributed by atoms with Crippen LogP contribution >= 0.6 is 11.6 Å². The number of likely N-dealkylation sites (N-methyl/N-ethyl adjacent to an activating group) is 1. The third-order valence-corrected chi connectivity index (χ3v) is 4.90. The first-order valence-electron chi connectivity index (χ1n) is 8.39. The molecule has 1 atom stereocenters. The van der Waals surface area contributed by atoms with Crippen LogP contribution in [0.25, 0.3) is 0 Å². The van der Waals surface area contributed by atoms with Gasteiger partial charge in [-0.25, -0.2) is 0 Å². The number of benzene rings is 1. The number of nitrogens with zero attached hydrogens (tertiary/aromatic N) is 1. The van der Waals surface area contributed by atoms with Crippen LogP contribution in [0.1, 0.15) is 57.1 Å². The Bertz CT molecular complexity index is 398. The number of rotatable bonds is 8. The zero-order valence-corrected chi connectivity index (χ0v) is 14.2. The Hall–Kier alpha value is -0.570. The molecule has 3 heteroatoms. The molecule has 1 aliphatic carbocycles. The number of hydrogen-bond acceptors (Lipinski definition) is 2. The summed E-state index contributed by atoms with van der Waals surface area (Å²) in [4.78, 5) is 2.53. The molecule has 0 radical (unpaired) electrons. The van der Waals surface area contributed by atoms with Gasteiger partial charge >= 0.3 is 0 Å². The molecule has 21 heavy (non-hydrogen) atoms. The summed E-state index contributed by atoms with van der Waals surface area (Å²) < 4.78 is 0. The lowest BCUT2D eigenvalue weighted by Gasteiger charge is -2.26. The molecule has 118 valence electrons. The van der Waals surface area contributed by atoms with Crippen LogP contribution < -0.4 is 5.32 Å². The first-order chi connectivity index (χ1) is 10.2. The lowest BCUT2D eigenvalue weighted by Crippen LogP contribution is -2.36. The zero-order chi connectivity index (χ0) is 15.1. The maximum Gasteiger partial charge on any atom is 0.0406 e. The molecular weight excluding hydrogens is 280 g/mol. The highest BCUT2D eigenvalue weighted by atomic mass is 35.5. The van der Waals surface area contributed by atoms with E-state index >= 15 is 0 Å². The molecule has 1 aromatic carbocycles. The quantitative estimate of drug-likeness (QED) is 0.752. The van der Waals surface area contributed by atoms with Crippen LogP contribution in [0.4, 0.5) is 0 Å². The average molecular weight is 309 g/mol. The summed E-state index contributed by atoms with van der Waals surface area (Å²) in [5.74, 6) is 0. The third kappa shape index (κ3) is 5.28. The lowest BCUT2D eigenvalue weighted by molar-refractivity contribution is 0.241. The molecule has 0 aromatic heterocycles. The van der Waals surface area contributed by atoms with Crippen molar-refractivity contribution in [3.8, 4) is 0 Å². The molecule has 1 saturated carbocycles. The fraction of sp³-hybridized carbons (Fsp3) is 0.667. The summed E-state index contributed by atoms with van der Waals surface area (Å²) in [5, 5.41) is 4.54. The minimum atomic E-state index is 0.448. The second kappa shape index (κ2) is 8.77. The Balaban J connectivity index is 1.80. The van der Waals surface area contributed by atoms with Crippen LogP contribution in [-0.4, -0.2) is 31.1 Å². The number of nitrogens with one attached hydrogen (secondary N) is 1. The highest BCUT2D eigenvalue weighted by Crippen LogP contribution is 2.23. The summed E-state index contributed by atoms with van der Waals surface area (Å²) in [6.07, 6.45) is 7.95. The molecule has 1 aromatic rings. The van der Waals surface area contributed by atoms with E-state index in [0.29, 0.717) is 6.04 Å². The Kier molecular flexibility index (Phi) is 7.01. The van der Waals surface area contributed by atoms with Crippen LogP contribution in [0.2, 0.25) is 5.02 Å². The molecule has 2 nitrogen and oxygen atoms in total. The van der Waals surface area contributed by atoms with Crippen LogP contribution in [0.5, 0.6) is 0 Å². The largest absolute Gasteiger partial charge is 0.309 e. The van der Waals surface area contributed by atoms with E-state index in [1.807, 2.05) is 12.1 Å². The van der Waals surface area contributed by atoms with Crippen molar-refractivity contribution in [1.29, 1.82) is 0 Å². The van der Waals surface area contributed by atoms with Gasteiger partial charge in [0, 0.05) is 30.2 Å². The predicted molar refractivity (Wildman–Crippen MR) is 92.0 cm³/mol. The first-order valence-corrected chi connectivity index (χ1v) is 8.77. The van der Waals surface area contributed by atoms with Gasteiger partial charge in [-0.3, -0.25) is 0 Å². The van der Waals surface area contributed by atoms with Crippen molar-refractivity contribution in [1.82, 2.24) is 10.2 Å². The fourth-order valence-corrected chi connectivity index (χ4v) is 3.44. The SMILES string of the molecule is CCCC(NCCN(C)C1CCCC1)c1ccc(Cl)cc1. The highest BCUT2D eigenvalue weighted by molar-refractivity contribution is 6.30. The van der Waals surface area contributed by atoms with Gasteiger partial charge in [0.15, 0.2) is 0 Å². The van der Waals surface area contributed by atoms with E-state index in [9.17, 15) is 0 Å². The van der Waals surface area contributed by atoms with Gasteiger partial charge in [0.1, 0.15) is 0 Å². The van der Waals surface area contributed by atoms with Crippen molar-refractivity contribution in [2.45, 2.75) is 57.5 Å². The van der Waals surface area contributed by atoms with Gasteiger partial charge in [-0.1, -0.05) is 49.9 Å². The monoisotopic (exact) mass is 308 g/mol. The minimum absolute atomic E-state index is 0.448. The molecular formula is C18H29ClN2. The summed E-state index contributed by atoms with van der Waals surface area (Å²) >= 11 is 5.98. The van der Waals surface area contributed by atoms with Gasteiger partial charge in [0.25, 0.3) is 0 Å². The van der Waals surface area contributed by atoms with Crippen LogP contribution in [-0.2, 0) is 0 Å². The highest BCUT2D eigenvalue weighted by Gasteiger charge is 2.19. The van der Waals surface area contributed by atoms with E-state index in [0.717, 1.165) is 24.2 Å². The summed E-state index contributed by atoms with van der Waals surface area (Å²) in [6.45, 7) is 4.44.